The topological polar surface area (TPSA) is 80.9 Å². The number of para-hydroxylation sites is 2. The third kappa shape index (κ3) is 3.67. The molecule has 8 heteroatoms. The van der Waals surface area contributed by atoms with E-state index in [0.29, 0.717) is 19.6 Å². The van der Waals surface area contributed by atoms with Gasteiger partial charge in [-0.3, -0.25) is 4.68 Å². The molecule has 5 rings (SSSR count). The average Bonchev–Trinajstić information content (AvgIpc) is 3.42. The molecule has 0 saturated heterocycles. The largest absolute Gasteiger partial charge is 0.322 e. The molecule has 0 aliphatic carbocycles. The lowest BCUT2D eigenvalue weighted by Gasteiger charge is -2.27. The first-order valence-corrected chi connectivity index (χ1v) is 9.87. The van der Waals surface area contributed by atoms with E-state index in [4.69, 9.17) is 0 Å². The third-order valence-electron chi connectivity index (χ3n) is 5.20. The minimum Gasteiger partial charge on any atom is -0.320 e. The van der Waals surface area contributed by atoms with Crippen molar-refractivity contribution < 1.29 is 4.79 Å². The Labute approximate surface area is 173 Å². The summed E-state index contributed by atoms with van der Waals surface area (Å²) >= 11 is 0. The zero-order valence-electron chi connectivity index (χ0n) is 16.3. The lowest BCUT2D eigenvalue weighted by Crippen LogP contribution is -2.39. The number of benzene rings is 2. The van der Waals surface area contributed by atoms with Gasteiger partial charge < -0.3 is 10.2 Å². The predicted molar refractivity (Wildman–Crippen MR) is 112 cm³/mol. The summed E-state index contributed by atoms with van der Waals surface area (Å²) < 4.78 is 3.72. The molecule has 30 heavy (non-hydrogen) atoms. The van der Waals surface area contributed by atoms with Crippen molar-refractivity contribution in [3.63, 3.8) is 0 Å². The van der Waals surface area contributed by atoms with E-state index in [1.54, 1.807) is 4.68 Å². The van der Waals surface area contributed by atoms with Gasteiger partial charge >= 0.3 is 6.03 Å². The molecule has 1 N–H and O–H groups in total. The Morgan fingerprint density at radius 1 is 1.03 bits per heavy atom. The summed E-state index contributed by atoms with van der Waals surface area (Å²) in [4.78, 5) is 14.4. The second kappa shape index (κ2) is 7.82. The van der Waals surface area contributed by atoms with Crippen LogP contribution in [0.4, 0.5) is 10.5 Å². The van der Waals surface area contributed by atoms with Gasteiger partial charge in [0.05, 0.1) is 31.2 Å². The van der Waals surface area contributed by atoms with Crippen LogP contribution in [0.1, 0.15) is 17.0 Å². The molecule has 0 bridgehead atoms. The molecular weight excluding hydrogens is 378 g/mol. The number of anilines is 1. The molecule has 2 amide bonds. The fraction of sp³-hybridized carbons (Fsp3) is 0.182. The minimum absolute atomic E-state index is 0.0922. The van der Waals surface area contributed by atoms with Crippen LogP contribution in [0, 0.1) is 0 Å². The van der Waals surface area contributed by atoms with Crippen molar-refractivity contribution in [1.29, 1.82) is 0 Å². The van der Waals surface area contributed by atoms with Crippen LogP contribution < -0.4 is 5.32 Å². The van der Waals surface area contributed by atoms with Gasteiger partial charge in [0, 0.05) is 29.9 Å². The monoisotopic (exact) mass is 399 g/mol. The van der Waals surface area contributed by atoms with Gasteiger partial charge in [-0.15, -0.1) is 5.10 Å². The second-order valence-electron chi connectivity index (χ2n) is 7.23. The Balaban J connectivity index is 1.26. The summed E-state index contributed by atoms with van der Waals surface area (Å²) in [5.74, 6) is 0. The molecule has 0 radical (unpaired) electrons. The minimum atomic E-state index is -0.0922. The molecule has 0 saturated carbocycles. The van der Waals surface area contributed by atoms with Crippen LogP contribution in [0.5, 0.6) is 0 Å². The number of carbonyl (C=O) groups is 1. The number of hydrogen-bond acceptors (Lipinski definition) is 4. The van der Waals surface area contributed by atoms with Crippen molar-refractivity contribution >= 4 is 11.7 Å². The fourth-order valence-corrected chi connectivity index (χ4v) is 3.66. The van der Waals surface area contributed by atoms with E-state index in [2.05, 4.69) is 20.7 Å². The Hall–Kier alpha value is -3.94. The standard InChI is InChI=1S/C22H21N7O/c30-22(24-18-7-3-1-4-8-18)27-12-11-21-17(14-27)13-23-29(21)16-19-15-28(26-25-19)20-9-5-2-6-10-20/h1-10,13,15H,11-12,14,16H2,(H,24,30). The number of fused-ring (bicyclic) bond motifs is 1. The summed E-state index contributed by atoms with van der Waals surface area (Å²) in [5, 5.41) is 16.0. The number of urea groups is 1. The first kappa shape index (κ1) is 18.1. The first-order chi connectivity index (χ1) is 14.8. The molecule has 4 aromatic rings. The van der Waals surface area contributed by atoms with E-state index >= 15 is 0 Å². The number of rotatable bonds is 4. The van der Waals surface area contributed by atoms with Crippen LogP contribution in [-0.2, 0) is 19.5 Å². The van der Waals surface area contributed by atoms with Gasteiger partial charge in [-0.2, -0.15) is 5.10 Å². The number of aromatic nitrogens is 5. The van der Waals surface area contributed by atoms with Crippen LogP contribution in [0.25, 0.3) is 5.69 Å². The summed E-state index contributed by atoms with van der Waals surface area (Å²) in [6.45, 7) is 1.75. The van der Waals surface area contributed by atoms with E-state index < -0.39 is 0 Å². The Bertz CT molecular complexity index is 1150. The number of amides is 2. The quantitative estimate of drug-likeness (QED) is 0.572. The van der Waals surface area contributed by atoms with Crippen LogP contribution in [-0.4, -0.2) is 42.3 Å². The molecule has 1 aliphatic heterocycles. The highest BCUT2D eigenvalue weighted by molar-refractivity contribution is 5.89. The van der Waals surface area contributed by atoms with Crippen molar-refractivity contribution in [2.75, 3.05) is 11.9 Å². The zero-order valence-corrected chi connectivity index (χ0v) is 16.3. The molecule has 8 nitrogen and oxygen atoms in total. The van der Waals surface area contributed by atoms with Crippen molar-refractivity contribution in [1.82, 2.24) is 29.7 Å². The molecule has 1 aliphatic rings. The zero-order chi connectivity index (χ0) is 20.3. The Morgan fingerprint density at radius 3 is 2.60 bits per heavy atom. The van der Waals surface area contributed by atoms with E-state index in [0.717, 1.165) is 34.7 Å². The lowest BCUT2D eigenvalue weighted by molar-refractivity contribution is 0.205. The molecule has 3 heterocycles. The third-order valence-corrected chi connectivity index (χ3v) is 5.20. The Morgan fingerprint density at radius 2 is 1.80 bits per heavy atom. The molecule has 0 unspecified atom stereocenters. The number of carbonyl (C=O) groups excluding carboxylic acids is 1. The maximum absolute atomic E-state index is 12.6. The SMILES string of the molecule is O=C(Nc1ccccc1)N1CCc2c(cnn2Cc2cn(-c3ccccc3)nn2)C1. The van der Waals surface area contributed by atoms with Crippen molar-refractivity contribution in [2.45, 2.75) is 19.5 Å². The Kier molecular flexibility index (Phi) is 4.72. The van der Waals surface area contributed by atoms with Crippen LogP contribution in [0.2, 0.25) is 0 Å². The molecule has 0 atom stereocenters. The maximum Gasteiger partial charge on any atom is 0.322 e. The van der Waals surface area contributed by atoms with Gasteiger partial charge in [-0.25, -0.2) is 9.48 Å². The average molecular weight is 399 g/mol. The number of nitrogens with one attached hydrogen (secondary N) is 1. The highest BCUT2D eigenvalue weighted by Crippen LogP contribution is 2.20. The lowest BCUT2D eigenvalue weighted by atomic mass is 10.1. The highest BCUT2D eigenvalue weighted by atomic mass is 16.2. The van der Waals surface area contributed by atoms with Crippen molar-refractivity contribution in [3.05, 3.63) is 90.0 Å². The van der Waals surface area contributed by atoms with Crippen molar-refractivity contribution in [2.24, 2.45) is 0 Å². The van der Waals surface area contributed by atoms with Gasteiger partial charge in [0.25, 0.3) is 0 Å². The summed E-state index contributed by atoms with van der Waals surface area (Å²) in [7, 11) is 0. The molecule has 2 aromatic carbocycles. The first-order valence-electron chi connectivity index (χ1n) is 9.87. The highest BCUT2D eigenvalue weighted by Gasteiger charge is 2.24. The molecule has 0 spiro atoms. The number of hydrogen-bond donors (Lipinski definition) is 1. The maximum atomic E-state index is 12.6. The summed E-state index contributed by atoms with van der Waals surface area (Å²) in [6.07, 6.45) is 4.52. The van der Waals surface area contributed by atoms with E-state index in [1.165, 1.54) is 0 Å². The van der Waals surface area contributed by atoms with Gasteiger partial charge in [0.15, 0.2) is 0 Å². The summed E-state index contributed by atoms with van der Waals surface area (Å²) in [5.41, 5.74) is 4.83. The molecular formula is C22H21N7O. The molecule has 0 fully saturated rings. The molecule has 2 aromatic heterocycles. The smallest absolute Gasteiger partial charge is 0.320 e. The molecule has 150 valence electrons. The van der Waals surface area contributed by atoms with Gasteiger partial charge in [-0.1, -0.05) is 41.6 Å². The van der Waals surface area contributed by atoms with E-state index in [9.17, 15) is 4.79 Å². The normalized spacial score (nSPS) is 13.1. The van der Waals surface area contributed by atoms with E-state index in [1.807, 2.05) is 82.6 Å². The summed E-state index contributed by atoms with van der Waals surface area (Å²) in [6, 6.07) is 19.3. The van der Waals surface area contributed by atoms with Crippen LogP contribution in [0.3, 0.4) is 0 Å². The second-order valence-corrected chi connectivity index (χ2v) is 7.23. The van der Waals surface area contributed by atoms with Crippen molar-refractivity contribution in [3.8, 4) is 5.69 Å². The van der Waals surface area contributed by atoms with Gasteiger partial charge in [0.1, 0.15) is 5.69 Å². The van der Waals surface area contributed by atoms with E-state index in [-0.39, 0.29) is 6.03 Å². The van der Waals surface area contributed by atoms with Gasteiger partial charge in [-0.05, 0) is 24.3 Å². The van der Waals surface area contributed by atoms with Crippen LogP contribution in [0.15, 0.2) is 73.1 Å². The van der Waals surface area contributed by atoms with Crippen LogP contribution >= 0.6 is 0 Å². The fourth-order valence-electron chi connectivity index (χ4n) is 3.66. The van der Waals surface area contributed by atoms with Gasteiger partial charge in [0.2, 0.25) is 0 Å². The predicted octanol–water partition coefficient (Wildman–Crippen LogP) is 3.10. The number of nitrogens with zero attached hydrogens (tertiary/aromatic N) is 6.